The molecule has 0 bridgehead atoms. The minimum Gasteiger partial charge on any atom is -0.461 e. The molecule has 1 aromatic carbocycles. The fourth-order valence-corrected chi connectivity index (χ4v) is 1.81. The predicted octanol–water partition coefficient (Wildman–Crippen LogP) is 1.93. The highest BCUT2D eigenvalue weighted by Gasteiger charge is 2.20. The van der Waals surface area contributed by atoms with Gasteiger partial charge in [-0.2, -0.15) is 0 Å². The Bertz CT molecular complexity index is 617. The van der Waals surface area contributed by atoms with Crippen LogP contribution in [0.15, 0.2) is 30.6 Å². The summed E-state index contributed by atoms with van der Waals surface area (Å²) in [5, 5.41) is 2.40. The van der Waals surface area contributed by atoms with Gasteiger partial charge in [-0.05, 0) is 26.0 Å². The number of amides is 1. The van der Waals surface area contributed by atoms with Gasteiger partial charge >= 0.3 is 5.97 Å². The van der Waals surface area contributed by atoms with Crippen LogP contribution in [0, 0.1) is 6.92 Å². The lowest BCUT2D eigenvalue weighted by Crippen LogP contribution is -2.13. The van der Waals surface area contributed by atoms with Crippen LogP contribution in [0.25, 0.3) is 5.69 Å². The number of carbonyl (C=O) groups is 2. The van der Waals surface area contributed by atoms with Gasteiger partial charge in [-0.25, -0.2) is 9.78 Å². The summed E-state index contributed by atoms with van der Waals surface area (Å²) < 4.78 is 6.59. The van der Waals surface area contributed by atoms with Crippen molar-refractivity contribution in [3.63, 3.8) is 0 Å². The van der Waals surface area contributed by atoms with E-state index in [9.17, 15) is 9.59 Å². The van der Waals surface area contributed by atoms with Crippen molar-refractivity contribution in [1.82, 2.24) is 9.55 Å². The molecule has 0 spiro atoms. The van der Waals surface area contributed by atoms with Crippen LogP contribution in [0.3, 0.4) is 0 Å². The number of nitrogens with zero attached hydrogens (tertiary/aromatic N) is 2. The predicted molar refractivity (Wildman–Crippen MR) is 73.9 cm³/mol. The van der Waals surface area contributed by atoms with E-state index in [-0.39, 0.29) is 18.1 Å². The topological polar surface area (TPSA) is 73.2 Å². The zero-order valence-corrected chi connectivity index (χ0v) is 11.3. The van der Waals surface area contributed by atoms with Gasteiger partial charge in [0.25, 0.3) is 0 Å². The molecule has 0 aliphatic carbocycles. The number of rotatable bonds is 5. The molecule has 1 N–H and O–H groups in total. The molecule has 0 fully saturated rings. The van der Waals surface area contributed by atoms with Crippen molar-refractivity contribution in [2.75, 3.05) is 11.9 Å². The Balaban J connectivity index is 2.49. The van der Waals surface area contributed by atoms with E-state index < -0.39 is 5.97 Å². The van der Waals surface area contributed by atoms with Crippen LogP contribution in [-0.4, -0.2) is 28.5 Å². The van der Waals surface area contributed by atoms with Crippen LogP contribution in [0.2, 0.25) is 0 Å². The molecule has 0 atom stereocenters. The molecule has 0 radical (unpaired) electrons. The number of anilines is 1. The molecular formula is C14H15N3O3. The minimum absolute atomic E-state index is 0.180. The quantitative estimate of drug-likeness (QED) is 0.667. The van der Waals surface area contributed by atoms with Gasteiger partial charge in [0.1, 0.15) is 6.33 Å². The van der Waals surface area contributed by atoms with Crippen molar-refractivity contribution in [2.24, 2.45) is 0 Å². The average molecular weight is 273 g/mol. The number of nitrogens with one attached hydrogen (secondary N) is 1. The number of aryl methyl sites for hydroxylation is 1. The summed E-state index contributed by atoms with van der Waals surface area (Å²) in [6.07, 6.45) is 1.95. The van der Waals surface area contributed by atoms with E-state index in [2.05, 4.69) is 10.3 Å². The standard InChI is InChI=1S/C14H15N3O3/c1-3-20-14(19)12-13(16-9-18)15-8-17(12)11-6-4-10(2)5-7-11/h4-9H,3H2,1-2H3,(H,16,18). The normalized spacial score (nSPS) is 10.1. The van der Waals surface area contributed by atoms with E-state index in [1.807, 2.05) is 31.2 Å². The average Bonchev–Trinajstić information content (AvgIpc) is 2.84. The van der Waals surface area contributed by atoms with Crippen molar-refractivity contribution in [2.45, 2.75) is 13.8 Å². The van der Waals surface area contributed by atoms with Crippen LogP contribution >= 0.6 is 0 Å². The molecule has 20 heavy (non-hydrogen) atoms. The Morgan fingerprint density at radius 3 is 2.70 bits per heavy atom. The molecule has 0 saturated heterocycles. The highest BCUT2D eigenvalue weighted by Crippen LogP contribution is 2.20. The first-order valence-corrected chi connectivity index (χ1v) is 6.19. The number of esters is 1. The van der Waals surface area contributed by atoms with Crippen molar-refractivity contribution in [1.29, 1.82) is 0 Å². The molecule has 2 rings (SSSR count). The van der Waals surface area contributed by atoms with E-state index in [1.165, 1.54) is 6.33 Å². The lowest BCUT2D eigenvalue weighted by Gasteiger charge is -2.09. The summed E-state index contributed by atoms with van der Waals surface area (Å²) in [6, 6.07) is 7.59. The van der Waals surface area contributed by atoms with E-state index in [1.54, 1.807) is 11.5 Å². The van der Waals surface area contributed by atoms with Crippen LogP contribution in [-0.2, 0) is 9.53 Å². The molecule has 6 nitrogen and oxygen atoms in total. The highest BCUT2D eigenvalue weighted by atomic mass is 16.5. The molecule has 1 aromatic heterocycles. The van der Waals surface area contributed by atoms with Crippen LogP contribution in [0.5, 0.6) is 0 Å². The van der Waals surface area contributed by atoms with E-state index in [0.29, 0.717) is 6.41 Å². The zero-order chi connectivity index (χ0) is 14.5. The Morgan fingerprint density at radius 2 is 2.10 bits per heavy atom. The lowest BCUT2D eigenvalue weighted by molar-refractivity contribution is -0.105. The van der Waals surface area contributed by atoms with Gasteiger partial charge in [-0.3, -0.25) is 9.36 Å². The number of hydrogen-bond acceptors (Lipinski definition) is 4. The zero-order valence-electron chi connectivity index (χ0n) is 11.3. The van der Waals surface area contributed by atoms with Crippen molar-refractivity contribution >= 4 is 18.2 Å². The molecular weight excluding hydrogens is 258 g/mol. The summed E-state index contributed by atoms with van der Waals surface area (Å²) in [7, 11) is 0. The molecule has 0 saturated carbocycles. The molecule has 1 amide bonds. The number of benzene rings is 1. The van der Waals surface area contributed by atoms with Gasteiger partial charge in [0.15, 0.2) is 11.5 Å². The second-order valence-corrected chi connectivity index (χ2v) is 4.13. The van der Waals surface area contributed by atoms with Crippen LogP contribution in [0.1, 0.15) is 23.0 Å². The summed E-state index contributed by atoms with van der Waals surface area (Å²) in [5.41, 5.74) is 2.07. The summed E-state index contributed by atoms with van der Waals surface area (Å²) >= 11 is 0. The number of carbonyl (C=O) groups excluding carboxylic acids is 2. The van der Waals surface area contributed by atoms with Crippen LogP contribution in [0.4, 0.5) is 5.82 Å². The number of ether oxygens (including phenoxy) is 1. The van der Waals surface area contributed by atoms with Gasteiger partial charge in [0.2, 0.25) is 6.41 Å². The first-order chi connectivity index (χ1) is 9.67. The molecule has 0 aliphatic rings. The fourth-order valence-electron chi connectivity index (χ4n) is 1.81. The van der Waals surface area contributed by atoms with Crippen molar-refractivity contribution < 1.29 is 14.3 Å². The van der Waals surface area contributed by atoms with Crippen LogP contribution < -0.4 is 5.32 Å². The maximum atomic E-state index is 12.0. The molecule has 0 aliphatic heterocycles. The molecule has 0 unspecified atom stereocenters. The van der Waals surface area contributed by atoms with E-state index >= 15 is 0 Å². The van der Waals surface area contributed by atoms with Gasteiger partial charge in [-0.1, -0.05) is 17.7 Å². The largest absolute Gasteiger partial charge is 0.461 e. The second-order valence-electron chi connectivity index (χ2n) is 4.13. The summed E-state index contributed by atoms with van der Waals surface area (Å²) in [5.74, 6) is -0.353. The Morgan fingerprint density at radius 1 is 1.40 bits per heavy atom. The van der Waals surface area contributed by atoms with Crippen molar-refractivity contribution in [3.05, 3.63) is 41.9 Å². The van der Waals surface area contributed by atoms with E-state index in [4.69, 9.17) is 4.74 Å². The molecule has 2 aromatic rings. The third-order valence-corrected chi connectivity index (χ3v) is 2.74. The Kier molecular flexibility index (Phi) is 4.14. The van der Waals surface area contributed by atoms with E-state index in [0.717, 1.165) is 11.3 Å². The van der Waals surface area contributed by atoms with Crippen molar-refractivity contribution in [3.8, 4) is 5.69 Å². The maximum absolute atomic E-state index is 12.0. The molecule has 104 valence electrons. The maximum Gasteiger partial charge on any atom is 0.359 e. The van der Waals surface area contributed by atoms with Gasteiger partial charge in [0.05, 0.1) is 6.61 Å². The smallest absolute Gasteiger partial charge is 0.359 e. The molecule has 6 heteroatoms. The van der Waals surface area contributed by atoms with Gasteiger partial charge in [0, 0.05) is 5.69 Å². The Hall–Kier alpha value is -2.63. The Labute approximate surface area is 116 Å². The monoisotopic (exact) mass is 273 g/mol. The minimum atomic E-state index is -0.532. The third kappa shape index (κ3) is 2.69. The molecule has 1 heterocycles. The second kappa shape index (κ2) is 6.01. The third-order valence-electron chi connectivity index (χ3n) is 2.74. The highest BCUT2D eigenvalue weighted by molar-refractivity contribution is 5.95. The number of hydrogen-bond donors (Lipinski definition) is 1. The summed E-state index contributed by atoms with van der Waals surface area (Å²) in [4.78, 5) is 26.6. The summed E-state index contributed by atoms with van der Waals surface area (Å²) in [6.45, 7) is 3.94. The first kappa shape index (κ1) is 13.8. The van der Waals surface area contributed by atoms with Gasteiger partial charge < -0.3 is 10.1 Å². The number of imidazole rings is 1. The first-order valence-electron chi connectivity index (χ1n) is 6.19. The SMILES string of the molecule is CCOC(=O)c1c(NC=O)ncn1-c1ccc(C)cc1. The fraction of sp³-hybridized carbons (Fsp3) is 0.214. The van der Waals surface area contributed by atoms with Gasteiger partial charge in [-0.15, -0.1) is 0 Å². The number of aromatic nitrogens is 2. The lowest BCUT2D eigenvalue weighted by atomic mass is 10.2.